The van der Waals surface area contributed by atoms with Gasteiger partial charge in [0.2, 0.25) is 0 Å². The molecule has 0 heterocycles. The predicted octanol–water partition coefficient (Wildman–Crippen LogP) is 0.586. The molecule has 2 aromatic carbocycles. The van der Waals surface area contributed by atoms with Crippen LogP contribution in [0.3, 0.4) is 0 Å². The molecule has 0 N–H and O–H groups in total. The summed E-state index contributed by atoms with van der Waals surface area (Å²) in [5.41, 5.74) is 0. The lowest BCUT2D eigenvalue weighted by atomic mass is 10.3. The highest BCUT2D eigenvalue weighted by Crippen LogP contribution is 2.07. The molecule has 0 fully saturated rings. The van der Waals surface area contributed by atoms with E-state index in [1.165, 1.54) is 7.14 Å². The van der Waals surface area contributed by atoms with Gasteiger partial charge in [-0.3, -0.25) is 0 Å². The van der Waals surface area contributed by atoms with Crippen molar-refractivity contribution in [3.8, 4) is 5.75 Å². The normalized spacial score (nSPS) is 10.1. The van der Waals surface area contributed by atoms with Crippen LogP contribution in [-0.4, -0.2) is 7.11 Å². The van der Waals surface area contributed by atoms with Crippen LogP contribution in [0.25, 0.3) is 0 Å². The Morgan fingerprint density at radius 2 is 1.38 bits per heavy atom. The van der Waals surface area contributed by atoms with Gasteiger partial charge in [0.1, 0.15) is 5.75 Å². The average Bonchev–Trinajstić information content (AvgIpc) is 2.33. The van der Waals surface area contributed by atoms with E-state index in [0.717, 1.165) is 10.2 Å². The van der Waals surface area contributed by atoms with Crippen LogP contribution in [0.5, 0.6) is 5.75 Å². The number of halogens is 2. The molecule has 0 bridgehead atoms. The van der Waals surface area contributed by atoms with Crippen molar-refractivity contribution < 1.29 is 25.9 Å². The van der Waals surface area contributed by atoms with Crippen molar-refractivity contribution in [1.82, 2.24) is 0 Å². The molecule has 0 aromatic heterocycles. The van der Waals surface area contributed by atoms with Crippen LogP contribution in [-0.2, 0) is 0 Å². The minimum absolute atomic E-state index is 0.0786. The molecule has 3 heteroatoms. The SMILES string of the molecule is COc1ccc([I+]c2ccc(Br)cc2)cc1. The third kappa shape index (κ3) is 3.22. The highest BCUT2D eigenvalue weighted by Gasteiger charge is 2.14. The Bertz CT molecular complexity index is 450. The maximum atomic E-state index is 5.14. The van der Waals surface area contributed by atoms with Gasteiger partial charge in [-0.25, -0.2) is 0 Å². The highest BCUT2D eigenvalue weighted by molar-refractivity contribution is 9.10. The Hall–Kier alpha value is -0.550. The number of benzene rings is 2. The molecule has 0 saturated carbocycles. The van der Waals surface area contributed by atoms with E-state index in [9.17, 15) is 0 Å². The molecule has 0 amide bonds. The topological polar surface area (TPSA) is 9.23 Å². The van der Waals surface area contributed by atoms with E-state index in [1.807, 2.05) is 12.1 Å². The van der Waals surface area contributed by atoms with Gasteiger partial charge in [-0.15, -0.1) is 0 Å². The summed E-state index contributed by atoms with van der Waals surface area (Å²) in [4.78, 5) is 0. The molecule has 0 aliphatic carbocycles. The van der Waals surface area contributed by atoms with E-state index in [1.54, 1.807) is 7.11 Å². The molecular formula is C13H11BrIO+. The van der Waals surface area contributed by atoms with Crippen molar-refractivity contribution in [1.29, 1.82) is 0 Å². The Kier molecular flexibility index (Phi) is 4.23. The minimum atomic E-state index is -0.0786. The Labute approximate surface area is 114 Å². The molecule has 0 aliphatic rings. The standard InChI is InChI=1S/C13H11BrIO/c1-16-13-8-6-12(7-9-13)15-11-4-2-10(14)3-5-11/h2-9H,1H3/q+1. The summed E-state index contributed by atoms with van der Waals surface area (Å²) in [6.45, 7) is 0. The van der Waals surface area contributed by atoms with E-state index < -0.39 is 0 Å². The zero-order valence-corrected chi connectivity index (χ0v) is 12.5. The van der Waals surface area contributed by atoms with Crippen molar-refractivity contribution in [3.05, 3.63) is 60.1 Å². The monoisotopic (exact) mass is 389 g/mol. The van der Waals surface area contributed by atoms with Gasteiger partial charge in [-0.2, -0.15) is 0 Å². The van der Waals surface area contributed by atoms with Crippen molar-refractivity contribution >= 4 is 15.9 Å². The second-order valence-electron chi connectivity index (χ2n) is 3.19. The van der Waals surface area contributed by atoms with Crippen molar-refractivity contribution in [2.24, 2.45) is 0 Å². The van der Waals surface area contributed by atoms with Crippen LogP contribution in [0.2, 0.25) is 0 Å². The number of ether oxygens (including phenoxy) is 1. The Morgan fingerprint density at radius 1 is 0.875 bits per heavy atom. The molecule has 0 aliphatic heterocycles. The number of methoxy groups -OCH3 is 1. The summed E-state index contributed by atoms with van der Waals surface area (Å²) in [6.07, 6.45) is 0. The van der Waals surface area contributed by atoms with Gasteiger partial charge in [0.15, 0.2) is 7.14 Å². The van der Waals surface area contributed by atoms with Crippen LogP contribution in [0.15, 0.2) is 53.0 Å². The van der Waals surface area contributed by atoms with Crippen molar-refractivity contribution in [3.63, 3.8) is 0 Å². The maximum absolute atomic E-state index is 5.14. The van der Waals surface area contributed by atoms with Crippen LogP contribution in [0.1, 0.15) is 0 Å². The predicted molar refractivity (Wildman–Crippen MR) is 64.5 cm³/mol. The van der Waals surface area contributed by atoms with Gasteiger partial charge >= 0.3 is 21.2 Å². The number of hydrogen-bond donors (Lipinski definition) is 0. The summed E-state index contributed by atoms with van der Waals surface area (Å²) in [6, 6.07) is 16.9. The van der Waals surface area contributed by atoms with Gasteiger partial charge in [-0.05, 0) is 48.5 Å². The second-order valence-corrected chi connectivity index (χ2v) is 7.14. The smallest absolute Gasteiger partial charge is 0.357 e. The van der Waals surface area contributed by atoms with Gasteiger partial charge in [-0.1, -0.05) is 15.9 Å². The lowest BCUT2D eigenvalue weighted by molar-refractivity contribution is -0.597. The van der Waals surface area contributed by atoms with Crippen LogP contribution in [0.4, 0.5) is 0 Å². The van der Waals surface area contributed by atoms with Crippen LogP contribution < -0.4 is 25.9 Å². The summed E-state index contributed by atoms with van der Waals surface area (Å²) in [7, 11) is 1.69. The Balaban J connectivity index is 2.11. The van der Waals surface area contributed by atoms with Gasteiger partial charge in [0, 0.05) is 4.47 Å². The van der Waals surface area contributed by atoms with E-state index in [-0.39, 0.29) is 21.2 Å². The highest BCUT2D eigenvalue weighted by atomic mass is 127. The summed E-state index contributed by atoms with van der Waals surface area (Å²) in [5, 5.41) is 0. The van der Waals surface area contributed by atoms with E-state index in [2.05, 4.69) is 52.3 Å². The number of rotatable bonds is 3. The molecule has 0 saturated heterocycles. The largest absolute Gasteiger partial charge is 0.497 e. The van der Waals surface area contributed by atoms with Crippen LogP contribution in [0, 0.1) is 7.14 Å². The average molecular weight is 390 g/mol. The lowest BCUT2D eigenvalue weighted by Crippen LogP contribution is -3.61. The first-order valence-corrected chi connectivity index (χ1v) is 7.77. The fraction of sp³-hybridized carbons (Fsp3) is 0.0769. The quantitative estimate of drug-likeness (QED) is 0.698. The zero-order valence-electron chi connectivity index (χ0n) is 8.78. The summed E-state index contributed by atoms with van der Waals surface area (Å²) >= 11 is 3.37. The van der Waals surface area contributed by atoms with Gasteiger partial charge in [0.25, 0.3) is 0 Å². The van der Waals surface area contributed by atoms with Gasteiger partial charge in [0.05, 0.1) is 7.11 Å². The molecule has 82 valence electrons. The van der Waals surface area contributed by atoms with Crippen molar-refractivity contribution in [2.45, 2.75) is 0 Å². The molecule has 2 aromatic rings. The molecule has 0 unspecified atom stereocenters. The maximum Gasteiger partial charge on any atom is 0.357 e. The van der Waals surface area contributed by atoms with Crippen LogP contribution >= 0.6 is 15.9 Å². The fourth-order valence-corrected chi connectivity index (χ4v) is 3.67. The molecule has 0 radical (unpaired) electrons. The van der Waals surface area contributed by atoms with E-state index in [0.29, 0.717) is 0 Å². The summed E-state index contributed by atoms with van der Waals surface area (Å²) in [5.74, 6) is 0.920. The molecule has 0 spiro atoms. The Morgan fingerprint density at radius 3 is 1.88 bits per heavy atom. The molecular weight excluding hydrogens is 379 g/mol. The third-order valence-corrected chi connectivity index (χ3v) is 5.28. The zero-order chi connectivity index (χ0) is 11.4. The molecule has 2 rings (SSSR count). The molecule has 0 atom stereocenters. The first-order valence-electron chi connectivity index (χ1n) is 4.82. The van der Waals surface area contributed by atoms with Crippen molar-refractivity contribution in [2.75, 3.05) is 7.11 Å². The first-order chi connectivity index (χ1) is 7.78. The summed E-state index contributed by atoms with van der Waals surface area (Å²) < 4.78 is 9.10. The third-order valence-electron chi connectivity index (χ3n) is 2.07. The van der Waals surface area contributed by atoms with E-state index in [4.69, 9.17) is 4.74 Å². The van der Waals surface area contributed by atoms with E-state index >= 15 is 0 Å². The van der Waals surface area contributed by atoms with Gasteiger partial charge < -0.3 is 4.74 Å². The first kappa shape index (κ1) is 11.9. The molecule has 16 heavy (non-hydrogen) atoms. The fourth-order valence-electron chi connectivity index (χ4n) is 1.25. The second kappa shape index (κ2) is 5.68. The lowest BCUT2D eigenvalue weighted by Gasteiger charge is -1.95. The molecule has 1 nitrogen and oxygen atoms in total. The minimum Gasteiger partial charge on any atom is -0.497 e. The number of hydrogen-bond acceptors (Lipinski definition) is 1.